The molecule has 0 aliphatic carbocycles. The number of para-hydroxylation sites is 1. The molecule has 1 amide bonds. The maximum atomic E-state index is 13.8. The van der Waals surface area contributed by atoms with E-state index < -0.39 is 17.7 Å². The van der Waals surface area contributed by atoms with Gasteiger partial charge in [-0.1, -0.05) is 57.2 Å². The highest BCUT2D eigenvalue weighted by Gasteiger charge is 2.36. The molecule has 1 heterocycles. The predicted molar refractivity (Wildman–Crippen MR) is 118 cm³/mol. The number of rotatable bonds is 8. The first kappa shape index (κ1) is 22.9. The van der Waals surface area contributed by atoms with Gasteiger partial charge in [0.2, 0.25) is 5.91 Å². The molecular weight excluding hydrogens is 401 g/mol. The zero-order chi connectivity index (χ0) is 22.6. The average molecular weight is 431 g/mol. The van der Waals surface area contributed by atoms with Crippen LogP contribution in [0, 0.1) is 5.92 Å². The van der Waals surface area contributed by atoms with Crippen molar-refractivity contribution in [1.29, 1.82) is 0 Å². The van der Waals surface area contributed by atoms with E-state index in [1.165, 1.54) is 12.1 Å². The standard InChI is InChI=1S/C25H29F3N2O/c1-4-17-8-7-10-19-21(15-30-24(17)19)20(14-23(31)29-13-12-16(2)3)18-9-5-6-11-22(18)25(26,27)28/h5-11,15-16,20,30H,4,12-14H2,1-3H3,(H,29,31)/t20-/m0/s1. The molecule has 0 aliphatic heterocycles. The molecule has 0 aliphatic rings. The molecule has 0 radical (unpaired) electrons. The van der Waals surface area contributed by atoms with Gasteiger partial charge in [0, 0.05) is 36.0 Å². The fourth-order valence-corrected chi connectivity index (χ4v) is 4.03. The largest absolute Gasteiger partial charge is 0.416 e. The van der Waals surface area contributed by atoms with E-state index in [1.54, 1.807) is 12.3 Å². The van der Waals surface area contributed by atoms with Crippen LogP contribution in [0.5, 0.6) is 0 Å². The third kappa shape index (κ3) is 5.30. The van der Waals surface area contributed by atoms with Crippen molar-refractivity contribution < 1.29 is 18.0 Å². The van der Waals surface area contributed by atoms with Crippen LogP contribution < -0.4 is 5.32 Å². The molecule has 0 saturated carbocycles. The third-order valence-corrected chi connectivity index (χ3v) is 5.67. The number of aromatic amines is 1. The number of H-pyrrole nitrogens is 1. The summed E-state index contributed by atoms with van der Waals surface area (Å²) in [6.07, 6.45) is -1.17. The van der Waals surface area contributed by atoms with E-state index in [1.807, 2.05) is 25.1 Å². The first-order chi connectivity index (χ1) is 14.7. The zero-order valence-electron chi connectivity index (χ0n) is 18.1. The van der Waals surface area contributed by atoms with E-state index in [0.29, 0.717) is 18.0 Å². The second-order valence-electron chi connectivity index (χ2n) is 8.31. The molecular formula is C25H29F3N2O. The Morgan fingerprint density at radius 3 is 2.48 bits per heavy atom. The lowest BCUT2D eigenvalue weighted by Gasteiger charge is -2.22. The number of hydrogen-bond donors (Lipinski definition) is 2. The molecule has 0 unspecified atom stereocenters. The Hall–Kier alpha value is -2.76. The monoisotopic (exact) mass is 430 g/mol. The normalized spacial score (nSPS) is 13.0. The van der Waals surface area contributed by atoms with Crippen molar-refractivity contribution in [2.45, 2.75) is 52.1 Å². The number of aromatic nitrogens is 1. The van der Waals surface area contributed by atoms with Crippen LogP contribution in [0.25, 0.3) is 10.9 Å². The smallest absolute Gasteiger partial charge is 0.361 e. The highest BCUT2D eigenvalue weighted by Crippen LogP contribution is 2.41. The van der Waals surface area contributed by atoms with Crippen molar-refractivity contribution in [2.24, 2.45) is 5.92 Å². The van der Waals surface area contributed by atoms with Crippen LogP contribution >= 0.6 is 0 Å². The van der Waals surface area contributed by atoms with Gasteiger partial charge in [-0.15, -0.1) is 0 Å². The van der Waals surface area contributed by atoms with Crippen LogP contribution in [0.3, 0.4) is 0 Å². The topological polar surface area (TPSA) is 44.9 Å². The van der Waals surface area contributed by atoms with Crippen molar-refractivity contribution in [3.05, 3.63) is 70.9 Å². The van der Waals surface area contributed by atoms with E-state index in [-0.39, 0.29) is 17.9 Å². The third-order valence-electron chi connectivity index (χ3n) is 5.67. The van der Waals surface area contributed by atoms with E-state index >= 15 is 0 Å². The number of benzene rings is 2. The molecule has 1 atom stereocenters. The quantitative estimate of drug-likeness (QED) is 0.425. The number of aryl methyl sites for hydroxylation is 1. The lowest BCUT2D eigenvalue weighted by molar-refractivity contribution is -0.138. The zero-order valence-corrected chi connectivity index (χ0v) is 18.1. The summed E-state index contributed by atoms with van der Waals surface area (Å²) in [4.78, 5) is 16.0. The van der Waals surface area contributed by atoms with Crippen LogP contribution in [0.1, 0.15) is 61.8 Å². The maximum Gasteiger partial charge on any atom is 0.416 e. The van der Waals surface area contributed by atoms with Gasteiger partial charge in [-0.3, -0.25) is 4.79 Å². The van der Waals surface area contributed by atoms with Crippen LogP contribution in [0.4, 0.5) is 13.2 Å². The number of nitrogens with one attached hydrogen (secondary N) is 2. The summed E-state index contributed by atoms with van der Waals surface area (Å²) < 4.78 is 41.4. The predicted octanol–water partition coefficient (Wildman–Crippen LogP) is 6.43. The number of carbonyl (C=O) groups is 1. The van der Waals surface area contributed by atoms with Gasteiger partial charge in [-0.05, 0) is 41.5 Å². The number of carbonyl (C=O) groups excluding carboxylic acids is 1. The number of alkyl halides is 3. The molecule has 3 rings (SSSR count). The van der Waals surface area contributed by atoms with Gasteiger partial charge in [0.25, 0.3) is 0 Å². The average Bonchev–Trinajstić information content (AvgIpc) is 3.15. The van der Waals surface area contributed by atoms with Crippen molar-refractivity contribution in [3.63, 3.8) is 0 Å². The summed E-state index contributed by atoms with van der Waals surface area (Å²) in [6, 6.07) is 11.4. The number of hydrogen-bond acceptors (Lipinski definition) is 1. The fourth-order valence-electron chi connectivity index (χ4n) is 4.03. The minimum atomic E-state index is -4.50. The molecule has 31 heavy (non-hydrogen) atoms. The van der Waals surface area contributed by atoms with E-state index in [9.17, 15) is 18.0 Å². The number of halogens is 3. The molecule has 0 fully saturated rings. The molecule has 3 nitrogen and oxygen atoms in total. The summed E-state index contributed by atoms with van der Waals surface area (Å²) in [7, 11) is 0. The molecule has 6 heteroatoms. The summed E-state index contributed by atoms with van der Waals surface area (Å²) in [6.45, 7) is 6.67. The molecule has 0 bridgehead atoms. The lowest BCUT2D eigenvalue weighted by Crippen LogP contribution is -2.27. The van der Waals surface area contributed by atoms with Crippen LogP contribution in [-0.2, 0) is 17.4 Å². The van der Waals surface area contributed by atoms with E-state index in [0.717, 1.165) is 35.4 Å². The van der Waals surface area contributed by atoms with E-state index in [4.69, 9.17) is 0 Å². The summed E-state index contributed by atoms with van der Waals surface area (Å²) in [5.74, 6) is -0.524. The van der Waals surface area contributed by atoms with Crippen LogP contribution in [0.15, 0.2) is 48.7 Å². The van der Waals surface area contributed by atoms with Crippen LogP contribution in [-0.4, -0.2) is 17.4 Å². The molecule has 2 N–H and O–H groups in total. The second kappa shape index (κ2) is 9.58. The molecule has 0 saturated heterocycles. The van der Waals surface area contributed by atoms with Gasteiger partial charge in [0.05, 0.1) is 5.56 Å². The first-order valence-electron chi connectivity index (χ1n) is 10.7. The Balaban J connectivity index is 2.06. The van der Waals surface area contributed by atoms with Gasteiger partial charge >= 0.3 is 6.18 Å². The van der Waals surface area contributed by atoms with Crippen molar-refractivity contribution in [2.75, 3.05) is 6.54 Å². The minimum Gasteiger partial charge on any atom is -0.361 e. The second-order valence-corrected chi connectivity index (χ2v) is 8.31. The Morgan fingerprint density at radius 2 is 1.81 bits per heavy atom. The van der Waals surface area contributed by atoms with Crippen molar-refractivity contribution in [3.8, 4) is 0 Å². The Bertz CT molecular complexity index is 1040. The fraction of sp³-hybridized carbons (Fsp3) is 0.400. The summed E-state index contributed by atoms with van der Waals surface area (Å²) in [5, 5.41) is 3.73. The van der Waals surface area contributed by atoms with E-state index in [2.05, 4.69) is 24.1 Å². The first-order valence-corrected chi connectivity index (χ1v) is 10.7. The Kier molecular flexibility index (Phi) is 7.08. The highest BCUT2D eigenvalue weighted by atomic mass is 19.4. The van der Waals surface area contributed by atoms with Gasteiger partial charge in [-0.2, -0.15) is 13.2 Å². The minimum absolute atomic E-state index is 0.0471. The summed E-state index contributed by atoms with van der Waals surface area (Å²) in [5.41, 5.74) is 2.14. The van der Waals surface area contributed by atoms with Gasteiger partial charge in [0.1, 0.15) is 0 Å². The molecule has 0 spiro atoms. The Labute approximate surface area is 181 Å². The highest BCUT2D eigenvalue weighted by molar-refractivity contribution is 5.88. The molecule has 1 aromatic heterocycles. The summed E-state index contributed by atoms with van der Waals surface area (Å²) >= 11 is 0. The molecule has 2 aromatic carbocycles. The lowest BCUT2D eigenvalue weighted by atomic mass is 9.84. The van der Waals surface area contributed by atoms with Crippen molar-refractivity contribution >= 4 is 16.8 Å². The molecule has 166 valence electrons. The Morgan fingerprint density at radius 1 is 1.06 bits per heavy atom. The van der Waals surface area contributed by atoms with Gasteiger partial charge in [-0.25, -0.2) is 0 Å². The van der Waals surface area contributed by atoms with Gasteiger partial charge in [0.15, 0.2) is 0 Å². The maximum absolute atomic E-state index is 13.8. The van der Waals surface area contributed by atoms with Crippen LogP contribution in [0.2, 0.25) is 0 Å². The SMILES string of the molecule is CCc1cccc2c([C@@H](CC(=O)NCCC(C)C)c3ccccc3C(F)(F)F)c[nH]c12. The molecule has 3 aromatic rings. The van der Waals surface area contributed by atoms with Crippen molar-refractivity contribution in [1.82, 2.24) is 10.3 Å². The number of amides is 1. The van der Waals surface area contributed by atoms with Gasteiger partial charge < -0.3 is 10.3 Å². The number of fused-ring (bicyclic) bond motifs is 1.